The number of nitrogens with one attached hydrogen (secondary N) is 1. The molecule has 0 fully saturated rings. The van der Waals surface area contributed by atoms with E-state index in [1.807, 2.05) is 36.4 Å². The van der Waals surface area contributed by atoms with Crippen molar-refractivity contribution in [2.75, 3.05) is 0 Å². The monoisotopic (exact) mass is 420 g/mol. The van der Waals surface area contributed by atoms with E-state index in [1.54, 1.807) is 16.8 Å². The molecular weight excluding hydrogens is 404 g/mol. The van der Waals surface area contributed by atoms with Gasteiger partial charge in [-0.2, -0.15) is 0 Å². The van der Waals surface area contributed by atoms with Crippen LogP contribution in [0.5, 0.6) is 0 Å². The summed E-state index contributed by atoms with van der Waals surface area (Å²) in [5.41, 5.74) is 1.76. The van der Waals surface area contributed by atoms with Crippen molar-refractivity contribution < 1.29 is 4.79 Å². The van der Waals surface area contributed by atoms with Crippen LogP contribution in [-0.4, -0.2) is 10.5 Å². The smallest absolute Gasteiger partial charge is 0.240 e. The van der Waals surface area contributed by atoms with Crippen LogP contribution in [0.2, 0.25) is 0 Å². The highest BCUT2D eigenvalue weighted by Gasteiger charge is 2.08. The molecule has 3 aromatic carbocycles. The third-order valence-electron chi connectivity index (χ3n) is 4.61. The van der Waals surface area contributed by atoms with Gasteiger partial charge in [0.25, 0.3) is 0 Å². The molecule has 0 radical (unpaired) electrons. The van der Waals surface area contributed by atoms with E-state index in [9.17, 15) is 9.59 Å². The summed E-state index contributed by atoms with van der Waals surface area (Å²) in [5.74, 6) is -0.101. The number of hydrogen-bond acceptors (Lipinski definition) is 2. The van der Waals surface area contributed by atoms with E-state index in [2.05, 4.69) is 39.4 Å². The number of benzene rings is 3. The molecule has 0 bridgehead atoms. The highest BCUT2D eigenvalue weighted by atomic mass is 79.9. The summed E-state index contributed by atoms with van der Waals surface area (Å²) in [7, 11) is 0. The number of nitrogens with zero attached hydrogens (tertiary/aromatic N) is 1. The van der Waals surface area contributed by atoms with Crippen molar-refractivity contribution in [1.82, 2.24) is 9.88 Å². The summed E-state index contributed by atoms with van der Waals surface area (Å²) >= 11 is 3.39. The first kappa shape index (κ1) is 17.5. The van der Waals surface area contributed by atoms with Gasteiger partial charge in [0.1, 0.15) is 6.54 Å². The van der Waals surface area contributed by atoms with Crippen LogP contribution in [-0.2, 0) is 17.9 Å². The van der Waals surface area contributed by atoms with Gasteiger partial charge in [-0.3, -0.25) is 9.59 Å². The lowest BCUT2D eigenvalue weighted by atomic mass is 10.0. The minimum atomic E-state index is -0.101. The van der Waals surface area contributed by atoms with Gasteiger partial charge >= 0.3 is 0 Å². The van der Waals surface area contributed by atoms with Crippen LogP contribution in [0.25, 0.3) is 21.7 Å². The zero-order valence-corrected chi connectivity index (χ0v) is 16.1. The first-order valence-corrected chi connectivity index (χ1v) is 9.43. The number of hydrogen-bond donors (Lipinski definition) is 1. The molecule has 4 nitrogen and oxygen atoms in total. The molecule has 0 unspecified atom stereocenters. The molecule has 1 heterocycles. The van der Waals surface area contributed by atoms with Gasteiger partial charge in [-0.25, -0.2) is 0 Å². The third kappa shape index (κ3) is 3.64. The molecule has 0 atom stereocenters. The molecule has 1 aromatic heterocycles. The number of carbonyl (C=O) groups excluding carboxylic acids is 1. The van der Waals surface area contributed by atoms with Crippen LogP contribution in [0.4, 0.5) is 0 Å². The van der Waals surface area contributed by atoms with Gasteiger partial charge in [-0.1, -0.05) is 58.4 Å². The lowest BCUT2D eigenvalue weighted by Gasteiger charge is -2.12. The van der Waals surface area contributed by atoms with E-state index in [0.717, 1.165) is 26.3 Å². The summed E-state index contributed by atoms with van der Waals surface area (Å²) < 4.78 is 2.63. The number of carbonyl (C=O) groups is 1. The summed E-state index contributed by atoms with van der Waals surface area (Å²) in [6, 6.07) is 21.2. The van der Waals surface area contributed by atoms with E-state index in [1.165, 1.54) is 6.07 Å². The highest BCUT2D eigenvalue weighted by molar-refractivity contribution is 9.10. The fourth-order valence-electron chi connectivity index (χ4n) is 3.27. The number of pyridine rings is 1. The van der Waals surface area contributed by atoms with Crippen LogP contribution in [0.15, 0.2) is 82.2 Å². The highest BCUT2D eigenvalue weighted by Crippen LogP contribution is 2.19. The minimum absolute atomic E-state index is 0.0567. The van der Waals surface area contributed by atoms with E-state index < -0.39 is 0 Å². The third-order valence-corrected chi connectivity index (χ3v) is 5.10. The lowest BCUT2D eigenvalue weighted by Crippen LogP contribution is -2.27. The molecule has 4 rings (SSSR count). The van der Waals surface area contributed by atoms with Gasteiger partial charge in [-0.15, -0.1) is 0 Å². The van der Waals surface area contributed by atoms with Gasteiger partial charge in [0.15, 0.2) is 5.43 Å². The molecule has 0 saturated heterocycles. The molecule has 0 aliphatic carbocycles. The minimum Gasteiger partial charge on any atom is -0.350 e. The molecule has 27 heavy (non-hydrogen) atoms. The Morgan fingerprint density at radius 3 is 2.67 bits per heavy atom. The Bertz CT molecular complexity index is 1210. The second kappa shape index (κ2) is 7.37. The Morgan fingerprint density at radius 2 is 1.78 bits per heavy atom. The summed E-state index contributed by atoms with van der Waals surface area (Å²) in [6.07, 6.45) is 1.66. The second-order valence-corrected chi connectivity index (χ2v) is 7.30. The molecule has 0 aliphatic rings. The van der Waals surface area contributed by atoms with E-state index >= 15 is 0 Å². The quantitative estimate of drug-likeness (QED) is 0.536. The van der Waals surface area contributed by atoms with Crippen LogP contribution in [0.3, 0.4) is 0 Å². The molecule has 1 amide bonds. The standard InChI is InChI=1S/C22H17BrN2O2/c23-17-8-9-20-19(12-17)21(26)10-11-25(20)14-22(27)24-13-16-6-3-5-15-4-1-2-7-18(15)16/h1-12H,13-14H2,(H,24,27). The van der Waals surface area contributed by atoms with Crippen molar-refractivity contribution in [1.29, 1.82) is 0 Å². The molecule has 0 saturated carbocycles. The molecule has 0 aliphatic heterocycles. The predicted molar refractivity (Wildman–Crippen MR) is 112 cm³/mol. The van der Waals surface area contributed by atoms with Gasteiger partial charge < -0.3 is 9.88 Å². The maximum Gasteiger partial charge on any atom is 0.240 e. The van der Waals surface area contributed by atoms with Crippen molar-refractivity contribution in [2.45, 2.75) is 13.1 Å². The number of halogens is 1. The topological polar surface area (TPSA) is 51.1 Å². The Balaban J connectivity index is 1.54. The maximum atomic E-state index is 12.5. The number of aromatic nitrogens is 1. The van der Waals surface area contributed by atoms with Gasteiger partial charge in [-0.05, 0) is 34.5 Å². The van der Waals surface area contributed by atoms with Crippen molar-refractivity contribution >= 4 is 43.5 Å². The molecular formula is C22H17BrN2O2. The zero-order valence-electron chi connectivity index (χ0n) is 14.5. The normalized spacial score (nSPS) is 11.0. The first-order chi connectivity index (χ1) is 13.1. The Kier molecular flexibility index (Phi) is 4.77. The van der Waals surface area contributed by atoms with Crippen molar-refractivity contribution in [2.24, 2.45) is 0 Å². The van der Waals surface area contributed by atoms with Crippen molar-refractivity contribution in [3.8, 4) is 0 Å². The van der Waals surface area contributed by atoms with Crippen LogP contribution in [0, 0.1) is 0 Å². The van der Waals surface area contributed by atoms with Crippen LogP contribution in [0.1, 0.15) is 5.56 Å². The number of amides is 1. The van der Waals surface area contributed by atoms with Crippen molar-refractivity contribution in [3.63, 3.8) is 0 Å². The average Bonchev–Trinajstić information content (AvgIpc) is 2.68. The Morgan fingerprint density at radius 1 is 0.963 bits per heavy atom. The zero-order chi connectivity index (χ0) is 18.8. The van der Waals surface area contributed by atoms with Crippen LogP contribution < -0.4 is 10.7 Å². The number of fused-ring (bicyclic) bond motifs is 2. The maximum absolute atomic E-state index is 12.5. The van der Waals surface area contributed by atoms with E-state index in [-0.39, 0.29) is 17.9 Å². The number of rotatable bonds is 4. The molecule has 134 valence electrons. The average molecular weight is 421 g/mol. The summed E-state index contributed by atoms with van der Waals surface area (Å²) in [4.78, 5) is 24.6. The fourth-order valence-corrected chi connectivity index (χ4v) is 3.63. The van der Waals surface area contributed by atoms with E-state index in [4.69, 9.17) is 0 Å². The summed E-state index contributed by atoms with van der Waals surface area (Å²) in [5, 5.41) is 5.87. The molecule has 5 heteroatoms. The first-order valence-electron chi connectivity index (χ1n) is 8.64. The summed E-state index contributed by atoms with van der Waals surface area (Å²) in [6.45, 7) is 0.618. The van der Waals surface area contributed by atoms with Gasteiger partial charge in [0.2, 0.25) is 5.91 Å². The Labute approximate surface area is 164 Å². The predicted octanol–water partition coefficient (Wildman–Crippen LogP) is 4.23. The Hall–Kier alpha value is -2.92. The second-order valence-electron chi connectivity index (χ2n) is 6.38. The largest absolute Gasteiger partial charge is 0.350 e. The van der Waals surface area contributed by atoms with Gasteiger partial charge in [0, 0.05) is 28.7 Å². The molecule has 0 spiro atoms. The fraction of sp³-hybridized carbons (Fsp3) is 0.0909. The van der Waals surface area contributed by atoms with Gasteiger partial charge in [0.05, 0.1) is 5.52 Å². The molecule has 1 N–H and O–H groups in total. The molecule has 4 aromatic rings. The lowest BCUT2D eigenvalue weighted by molar-refractivity contribution is -0.121. The van der Waals surface area contributed by atoms with Crippen molar-refractivity contribution in [3.05, 3.63) is 93.2 Å². The SMILES string of the molecule is O=C(Cn1ccc(=O)c2cc(Br)ccc21)NCc1cccc2ccccc12. The van der Waals surface area contributed by atoms with Crippen LogP contribution >= 0.6 is 15.9 Å². The van der Waals surface area contributed by atoms with E-state index in [0.29, 0.717) is 11.9 Å².